The number of carbonyl (C=O) groups is 2. The number of amides is 1. The van der Waals surface area contributed by atoms with Crippen molar-refractivity contribution in [1.29, 1.82) is 0 Å². The summed E-state index contributed by atoms with van der Waals surface area (Å²) in [6, 6.07) is 12.0. The van der Waals surface area contributed by atoms with E-state index in [1.807, 2.05) is 31.2 Å². The van der Waals surface area contributed by atoms with Crippen LogP contribution >= 0.6 is 0 Å². The Kier molecular flexibility index (Phi) is 7.29. The fraction of sp³-hybridized carbons (Fsp3) is 0.385. The van der Waals surface area contributed by atoms with E-state index < -0.39 is 0 Å². The highest BCUT2D eigenvalue weighted by Gasteiger charge is 2.26. The number of benzene rings is 2. The van der Waals surface area contributed by atoms with Gasteiger partial charge in [-0.05, 0) is 43.9 Å². The van der Waals surface area contributed by atoms with Crippen LogP contribution in [0.15, 0.2) is 47.1 Å². The summed E-state index contributed by atoms with van der Waals surface area (Å²) in [6.45, 7) is 5.65. The molecule has 0 spiro atoms. The van der Waals surface area contributed by atoms with Crippen molar-refractivity contribution >= 4 is 22.7 Å². The van der Waals surface area contributed by atoms with Crippen LogP contribution in [0.25, 0.3) is 11.0 Å². The van der Waals surface area contributed by atoms with Crippen LogP contribution in [-0.2, 0) is 16.0 Å². The minimum absolute atomic E-state index is 0.153. The molecule has 0 aliphatic carbocycles. The van der Waals surface area contributed by atoms with Crippen molar-refractivity contribution in [2.75, 3.05) is 39.5 Å². The number of nitrogens with zero attached hydrogens (tertiary/aromatic N) is 1. The molecule has 0 unspecified atom stereocenters. The molecule has 7 heteroatoms. The van der Waals surface area contributed by atoms with Gasteiger partial charge in [0.1, 0.15) is 0 Å². The lowest BCUT2D eigenvalue weighted by molar-refractivity contribution is -0.137. The predicted octanol–water partition coefficient (Wildman–Crippen LogP) is 4.19. The molecule has 1 aromatic heterocycles. The highest BCUT2D eigenvalue weighted by molar-refractivity contribution is 6.06. The number of morpholine rings is 1. The zero-order valence-corrected chi connectivity index (χ0v) is 19.1. The van der Waals surface area contributed by atoms with Crippen LogP contribution in [0.1, 0.15) is 34.8 Å². The van der Waals surface area contributed by atoms with E-state index in [1.54, 1.807) is 11.2 Å². The van der Waals surface area contributed by atoms with Gasteiger partial charge in [0, 0.05) is 18.5 Å². The molecular weight excluding hydrogens is 422 g/mol. The summed E-state index contributed by atoms with van der Waals surface area (Å²) in [5.41, 5.74) is 2.91. The maximum Gasteiger partial charge on any atom is 0.260 e. The van der Waals surface area contributed by atoms with Crippen LogP contribution in [0.2, 0.25) is 0 Å². The fourth-order valence-corrected chi connectivity index (χ4v) is 4.13. The van der Waals surface area contributed by atoms with Crippen LogP contribution in [0.4, 0.5) is 0 Å². The Bertz CT molecular complexity index is 1110. The van der Waals surface area contributed by atoms with Gasteiger partial charge >= 0.3 is 0 Å². The Morgan fingerprint density at radius 3 is 2.52 bits per heavy atom. The first-order valence-electron chi connectivity index (χ1n) is 11.3. The molecule has 1 amide bonds. The van der Waals surface area contributed by atoms with Crippen LogP contribution < -0.4 is 9.47 Å². The van der Waals surface area contributed by atoms with E-state index in [9.17, 15) is 9.59 Å². The number of carbonyl (C=O) groups excluding carboxylic acids is 2. The lowest BCUT2D eigenvalue weighted by atomic mass is 9.99. The highest BCUT2D eigenvalue weighted by atomic mass is 16.5. The molecular formula is C26H29NO6. The topological polar surface area (TPSA) is 78.2 Å². The molecule has 0 saturated carbocycles. The minimum atomic E-state index is -0.188. The normalized spacial score (nSPS) is 13.8. The second-order valence-corrected chi connectivity index (χ2v) is 8.10. The first-order chi connectivity index (χ1) is 16.1. The summed E-state index contributed by atoms with van der Waals surface area (Å²) >= 11 is 0. The summed E-state index contributed by atoms with van der Waals surface area (Å²) < 4.78 is 23.1. The van der Waals surface area contributed by atoms with Gasteiger partial charge in [-0.15, -0.1) is 0 Å². The van der Waals surface area contributed by atoms with E-state index in [2.05, 4.69) is 12.1 Å². The lowest BCUT2D eigenvalue weighted by Crippen LogP contribution is -2.43. The zero-order valence-electron chi connectivity index (χ0n) is 19.1. The summed E-state index contributed by atoms with van der Waals surface area (Å²) in [5.74, 6) is 0.330. The molecule has 1 aliphatic rings. The smallest absolute Gasteiger partial charge is 0.260 e. The van der Waals surface area contributed by atoms with E-state index in [0.717, 1.165) is 23.8 Å². The van der Waals surface area contributed by atoms with Crippen molar-refractivity contribution in [3.8, 4) is 11.5 Å². The quantitative estimate of drug-likeness (QED) is 0.359. The van der Waals surface area contributed by atoms with Crippen molar-refractivity contribution in [1.82, 2.24) is 4.90 Å². The minimum Gasteiger partial charge on any atom is -0.486 e. The number of ether oxygens (including phenoxy) is 3. The Morgan fingerprint density at radius 2 is 1.79 bits per heavy atom. The van der Waals surface area contributed by atoms with E-state index in [-0.39, 0.29) is 24.0 Å². The van der Waals surface area contributed by atoms with Gasteiger partial charge in [-0.25, -0.2) is 0 Å². The molecule has 0 bridgehead atoms. The standard InChI is InChI=1S/C26H29NO6/c1-18-21-10-14-32-24(21)26(31-13-6-9-20-7-4-3-5-8-20)25(23(18)19(2)28)33-17-22(29)27-11-15-30-16-12-27/h3-5,7-8,10,14H,6,9,11-13,15-17H2,1-2H3. The third-order valence-corrected chi connectivity index (χ3v) is 5.84. The molecule has 2 heterocycles. The summed E-state index contributed by atoms with van der Waals surface area (Å²) in [7, 11) is 0. The molecule has 7 nitrogen and oxygen atoms in total. The second kappa shape index (κ2) is 10.5. The number of hydrogen-bond acceptors (Lipinski definition) is 6. The first-order valence-corrected chi connectivity index (χ1v) is 11.3. The van der Waals surface area contributed by atoms with E-state index >= 15 is 0 Å². The SMILES string of the molecule is CC(=O)c1c(OCC(=O)N2CCOCC2)c(OCCCc2ccccc2)c2occc2c1C. The maximum atomic E-state index is 12.7. The Morgan fingerprint density at radius 1 is 1.03 bits per heavy atom. The van der Waals surface area contributed by atoms with Crippen molar-refractivity contribution in [2.24, 2.45) is 0 Å². The summed E-state index contributed by atoms with van der Waals surface area (Å²) in [6.07, 6.45) is 3.21. The number of hydrogen-bond donors (Lipinski definition) is 0. The van der Waals surface area contributed by atoms with Crippen LogP contribution in [0, 0.1) is 6.92 Å². The van der Waals surface area contributed by atoms with Gasteiger partial charge in [0.25, 0.3) is 5.91 Å². The number of aryl methyl sites for hydroxylation is 2. The largest absolute Gasteiger partial charge is 0.486 e. The molecule has 2 aromatic carbocycles. The number of rotatable bonds is 9. The monoisotopic (exact) mass is 451 g/mol. The van der Waals surface area contributed by atoms with Crippen molar-refractivity contribution in [3.63, 3.8) is 0 Å². The number of furan rings is 1. The van der Waals surface area contributed by atoms with Gasteiger partial charge in [0.2, 0.25) is 5.75 Å². The molecule has 0 atom stereocenters. The average molecular weight is 452 g/mol. The third kappa shape index (κ3) is 5.20. The number of Topliss-reactive ketones (excluding diaryl/α,β-unsaturated/α-hetero) is 1. The Labute approximate surface area is 193 Å². The summed E-state index contributed by atoms with van der Waals surface area (Å²) in [4.78, 5) is 27.0. The number of ketones is 1. The molecule has 33 heavy (non-hydrogen) atoms. The lowest BCUT2D eigenvalue weighted by Gasteiger charge is -2.27. The van der Waals surface area contributed by atoms with Crippen molar-refractivity contribution in [3.05, 3.63) is 59.4 Å². The van der Waals surface area contributed by atoms with E-state index in [1.165, 1.54) is 12.5 Å². The van der Waals surface area contributed by atoms with Crippen LogP contribution in [0.5, 0.6) is 11.5 Å². The zero-order chi connectivity index (χ0) is 23.2. The molecule has 174 valence electrons. The maximum absolute atomic E-state index is 12.7. The molecule has 0 N–H and O–H groups in total. The van der Waals surface area contributed by atoms with Gasteiger partial charge in [0.05, 0.1) is 31.6 Å². The van der Waals surface area contributed by atoms with E-state index in [0.29, 0.717) is 49.8 Å². The van der Waals surface area contributed by atoms with Gasteiger partial charge < -0.3 is 23.5 Å². The molecule has 1 fully saturated rings. The Hall–Kier alpha value is -3.32. The van der Waals surface area contributed by atoms with Crippen molar-refractivity contribution < 1.29 is 28.2 Å². The van der Waals surface area contributed by atoms with Gasteiger partial charge in [-0.1, -0.05) is 30.3 Å². The second-order valence-electron chi connectivity index (χ2n) is 8.10. The Balaban J connectivity index is 1.57. The van der Waals surface area contributed by atoms with Crippen LogP contribution in [0.3, 0.4) is 0 Å². The summed E-state index contributed by atoms with van der Waals surface area (Å²) in [5, 5.41) is 0.796. The van der Waals surface area contributed by atoms with Gasteiger partial charge in [-0.3, -0.25) is 9.59 Å². The molecule has 4 rings (SSSR count). The first kappa shape index (κ1) is 22.9. The fourth-order valence-electron chi connectivity index (χ4n) is 4.13. The number of fused-ring (bicyclic) bond motifs is 1. The average Bonchev–Trinajstić information content (AvgIpc) is 3.33. The molecule has 3 aromatic rings. The van der Waals surface area contributed by atoms with Gasteiger partial charge in [0.15, 0.2) is 23.7 Å². The molecule has 1 aliphatic heterocycles. The van der Waals surface area contributed by atoms with Crippen molar-refractivity contribution in [2.45, 2.75) is 26.7 Å². The highest BCUT2D eigenvalue weighted by Crippen LogP contribution is 2.43. The third-order valence-electron chi connectivity index (χ3n) is 5.84. The van der Waals surface area contributed by atoms with Crippen LogP contribution in [-0.4, -0.2) is 56.1 Å². The molecule has 0 radical (unpaired) electrons. The molecule has 1 saturated heterocycles. The van der Waals surface area contributed by atoms with E-state index in [4.69, 9.17) is 18.6 Å². The predicted molar refractivity (Wildman–Crippen MR) is 124 cm³/mol. The van der Waals surface area contributed by atoms with Gasteiger partial charge in [-0.2, -0.15) is 0 Å².